The SMILES string of the molecule is Nc1ccc(NC(CO)Cc2ccccc2)nn1. The molecule has 0 aliphatic heterocycles. The molecule has 2 aromatic rings. The van der Waals surface area contributed by atoms with Gasteiger partial charge in [0.05, 0.1) is 12.6 Å². The molecule has 18 heavy (non-hydrogen) atoms. The second kappa shape index (κ2) is 5.97. The maximum Gasteiger partial charge on any atom is 0.149 e. The topological polar surface area (TPSA) is 84.1 Å². The number of nitrogens with one attached hydrogen (secondary N) is 1. The number of rotatable bonds is 5. The molecule has 94 valence electrons. The highest BCUT2D eigenvalue weighted by atomic mass is 16.3. The Hall–Kier alpha value is -2.14. The Labute approximate surface area is 106 Å². The van der Waals surface area contributed by atoms with E-state index >= 15 is 0 Å². The van der Waals surface area contributed by atoms with Gasteiger partial charge >= 0.3 is 0 Å². The van der Waals surface area contributed by atoms with Crippen molar-refractivity contribution >= 4 is 11.6 Å². The Bertz CT molecular complexity index is 472. The van der Waals surface area contributed by atoms with E-state index in [2.05, 4.69) is 15.5 Å². The first-order valence-corrected chi connectivity index (χ1v) is 5.78. The number of aliphatic hydroxyl groups is 1. The zero-order valence-corrected chi connectivity index (χ0v) is 9.95. The predicted octanol–water partition coefficient (Wildman–Crippen LogP) is 1.07. The summed E-state index contributed by atoms with van der Waals surface area (Å²) >= 11 is 0. The summed E-state index contributed by atoms with van der Waals surface area (Å²) in [5.74, 6) is 0.989. The summed E-state index contributed by atoms with van der Waals surface area (Å²) in [5, 5.41) is 20.2. The van der Waals surface area contributed by atoms with Crippen molar-refractivity contribution in [1.82, 2.24) is 10.2 Å². The zero-order chi connectivity index (χ0) is 12.8. The van der Waals surface area contributed by atoms with Crippen LogP contribution in [0.5, 0.6) is 0 Å². The molecule has 4 N–H and O–H groups in total. The molecule has 2 rings (SSSR count). The van der Waals surface area contributed by atoms with Crippen LogP contribution in [0.15, 0.2) is 42.5 Å². The first kappa shape index (κ1) is 12.3. The summed E-state index contributed by atoms with van der Waals surface area (Å²) in [6.07, 6.45) is 0.726. The number of hydrogen-bond donors (Lipinski definition) is 3. The lowest BCUT2D eigenvalue weighted by Gasteiger charge is -2.16. The quantitative estimate of drug-likeness (QED) is 0.732. The molecular weight excluding hydrogens is 228 g/mol. The Morgan fingerprint density at radius 3 is 2.50 bits per heavy atom. The molecule has 1 atom stereocenters. The van der Waals surface area contributed by atoms with Gasteiger partial charge in [-0.15, -0.1) is 10.2 Å². The number of benzene rings is 1. The summed E-state index contributed by atoms with van der Waals surface area (Å²) in [7, 11) is 0. The molecule has 0 bridgehead atoms. The van der Waals surface area contributed by atoms with E-state index in [9.17, 15) is 5.11 Å². The summed E-state index contributed by atoms with van der Waals surface area (Å²) in [4.78, 5) is 0. The van der Waals surface area contributed by atoms with Gasteiger partial charge in [-0.2, -0.15) is 0 Å². The monoisotopic (exact) mass is 244 g/mol. The van der Waals surface area contributed by atoms with Crippen molar-refractivity contribution in [3.8, 4) is 0 Å². The molecule has 1 aromatic carbocycles. The molecule has 0 fully saturated rings. The molecule has 1 aromatic heterocycles. The number of hydrogen-bond acceptors (Lipinski definition) is 5. The van der Waals surface area contributed by atoms with Crippen LogP contribution in [0.4, 0.5) is 11.6 Å². The average Bonchev–Trinajstić information content (AvgIpc) is 2.41. The van der Waals surface area contributed by atoms with Gasteiger partial charge in [0.1, 0.15) is 11.6 Å². The van der Waals surface area contributed by atoms with Crippen molar-refractivity contribution in [3.63, 3.8) is 0 Å². The van der Waals surface area contributed by atoms with E-state index in [0.717, 1.165) is 12.0 Å². The van der Waals surface area contributed by atoms with Crippen LogP contribution in [-0.2, 0) is 6.42 Å². The second-order valence-electron chi connectivity index (χ2n) is 4.06. The van der Waals surface area contributed by atoms with Crippen molar-refractivity contribution in [2.45, 2.75) is 12.5 Å². The fraction of sp³-hybridized carbons (Fsp3) is 0.231. The van der Waals surface area contributed by atoms with E-state index in [-0.39, 0.29) is 12.6 Å². The minimum atomic E-state index is -0.0923. The van der Waals surface area contributed by atoms with Crippen LogP contribution in [0, 0.1) is 0 Å². The van der Waals surface area contributed by atoms with Gasteiger partial charge in [-0.25, -0.2) is 0 Å². The van der Waals surface area contributed by atoms with Gasteiger partial charge in [0.15, 0.2) is 0 Å². The molecule has 0 saturated carbocycles. The van der Waals surface area contributed by atoms with Gasteiger partial charge in [-0.1, -0.05) is 30.3 Å². The molecule has 5 heteroatoms. The van der Waals surface area contributed by atoms with Crippen molar-refractivity contribution < 1.29 is 5.11 Å². The molecule has 0 amide bonds. The van der Waals surface area contributed by atoms with Crippen LogP contribution >= 0.6 is 0 Å². The van der Waals surface area contributed by atoms with Gasteiger partial charge in [0.25, 0.3) is 0 Å². The maximum absolute atomic E-state index is 9.37. The third-order valence-corrected chi connectivity index (χ3v) is 2.58. The van der Waals surface area contributed by atoms with Gasteiger partial charge < -0.3 is 16.2 Å². The van der Waals surface area contributed by atoms with Gasteiger partial charge in [0, 0.05) is 0 Å². The minimum Gasteiger partial charge on any atom is -0.394 e. The number of aliphatic hydroxyl groups excluding tert-OH is 1. The van der Waals surface area contributed by atoms with Crippen LogP contribution in [0.3, 0.4) is 0 Å². The fourth-order valence-corrected chi connectivity index (χ4v) is 1.69. The Morgan fingerprint density at radius 1 is 1.11 bits per heavy atom. The lowest BCUT2D eigenvalue weighted by molar-refractivity contribution is 0.273. The smallest absolute Gasteiger partial charge is 0.149 e. The van der Waals surface area contributed by atoms with Crippen LogP contribution in [-0.4, -0.2) is 28.0 Å². The number of nitrogen functional groups attached to an aromatic ring is 1. The first-order valence-electron chi connectivity index (χ1n) is 5.78. The molecule has 1 heterocycles. The van der Waals surface area contributed by atoms with Crippen molar-refractivity contribution in [2.75, 3.05) is 17.7 Å². The molecule has 0 aliphatic carbocycles. The van der Waals surface area contributed by atoms with Crippen LogP contribution in [0.25, 0.3) is 0 Å². The maximum atomic E-state index is 9.37. The summed E-state index contributed by atoms with van der Waals surface area (Å²) in [6, 6.07) is 13.3. The minimum absolute atomic E-state index is 0.0287. The molecule has 1 unspecified atom stereocenters. The first-order chi connectivity index (χ1) is 8.78. The molecular formula is C13H16N4O. The highest BCUT2D eigenvalue weighted by Crippen LogP contribution is 2.09. The summed E-state index contributed by atoms with van der Waals surface area (Å²) in [5.41, 5.74) is 6.62. The van der Waals surface area contributed by atoms with E-state index in [1.165, 1.54) is 0 Å². The van der Waals surface area contributed by atoms with E-state index in [0.29, 0.717) is 11.6 Å². The normalized spacial score (nSPS) is 12.1. The lowest BCUT2D eigenvalue weighted by atomic mass is 10.1. The summed E-state index contributed by atoms with van der Waals surface area (Å²) in [6.45, 7) is 0.0287. The number of nitrogens with zero attached hydrogens (tertiary/aromatic N) is 2. The van der Waals surface area contributed by atoms with Gasteiger partial charge in [-0.05, 0) is 24.1 Å². The van der Waals surface area contributed by atoms with Crippen molar-refractivity contribution in [1.29, 1.82) is 0 Å². The van der Waals surface area contributed by atoms with Gasteiger partial charge in [0.2, 0.25) is 0 Å². The highest BCUT2D eigenvalue weighted by Gasteiger charge is 2.09. The number of anilines is 2. The average molecular weight is 244 g/mol. The predicted molar refractivity (Wildman–Crippen MR) is 71.1 cm³/mol. The van der Waals surface area contributed by atoms with Gasteiger partial charge in [-0.3, -0.25) is 0 Å². The molecule has 0 spiro atoms. The molecule has 0 saturated heterocycles. The Morgan fingerprint density at radius 2 is 1.89 bits per heavy atom. The largest absolute Gasteiger partial charge is 0.394 e. The molecule has 0 aliphatic rings. The molecule has 5 nitrogen and oxygen atoms in total. The lowest BCUT2D eigenvalue weighted by Crippen LogP contribution is -2.27. The second-order valence-corrected chi connectivity index (χ2v) is 4.06. The highest BCUT2D eigenvalue weighted by molar-refractivity contribution is 5.39. The van der Waals surface area contributed by atoms with Crippen molar-refractivity contribution in [3.05, 3.63) is 48.0 Å². The van der Waals surface area contributed by atoms with Crippen LogP contribution in [0.1, 0.15) is 5.56 Å². The summed E-state index contributed by atoms with van der Waals surface area (Å²) < 4.78 is 0. The zero-order valence-electron chi connectivity index (χ0n) is 9.95. The fourth-order valence-electron chi connectivity index (χ4n) is 1.69. The Kier molecular flexibility index (Phi) is 4.09. The Balaban J connectivity index is 1.99. The van der Waals surface area contributed by atoms with Crippen LogP contribution < -0.4 is 11.1 Å². The number of aromatic nitrogens is 2. The van der Waals surface area contributed by atoms with Crippen LogP contribution in [0.2, 0.25) is 0 Å². The third kappa shape index (κ3) is 3.43. The van der Waals surface area contributed by atoms with Crippen molar-refractivity contribution in [2.24, 2.45) is 0 Å². The van der Waals surface area contributed by atoms with E-state index in [4.69, 9.17) is 5.73 Å². The standard InChI is InChI=1S/C13H16N4O/c14-12-6-7-13(17-16-12)15-11(9-18)8-10-4-2-1-3-5-10/h1-7,11,18H,8-9H2,(H2,14,16)(H,15,17). The van der Waals surface area contributed by atoms with E-state index in [1.54, 1.807) is 12.1 Å². The number of nitrogens with two attached hydrogens (primary N) is 1. The molecule has 0 radical (unpaired) electrons. The third-order valence-electron chi connectivity index (χ3n) is 2.58. The van der Waals surface area contributed by atoms with E-state index in [1.807, 2.05) is 30.3 Å². The van der Waals surface area contributed by atoms with E-state index < -0.39 is 0 Å².